The highest BCUT2D eigenvalue weighted by atomic mass is 16.5. The molecule has 0 bridgehead atoms. The standard InChI is InChI=1S/C22H20O3/c1-16-3-7-18(8-4-16)15-24-20-13-9-19(10-14-20)22(23)25-21-11-5-17(2)6-12-21/h3-14H,15H2,1-2H3. The molecule has 0 amide bonds. The van der Waals surface area contributed by atoms with Gasteiger partial charge in [0, 0.05) is 0 Å². The number of hydrogen-bond donors (Lipinski definition) is 0. The van der Waals surface area contributed by atoms with Crippen LogP contribution in [0.4, 0.5) is 0 Å². The van der Waals surface area contributed by atoms with Crippen molar-refractivity contribution < 1.29 is 14.3 Å². The molecule has 0 atom stereocenters. The first-order valence-electron chi connectivity index (χ1n) is 8.17. The van der Waals surface area contributed by atoms with Gasteiger partial charge >= 0.3 is 5.97 Å². The van der Waals surface area contributed by atoms with Crippen LogP contribution < -0.4 is 9.47 Å². The van der Waals surface area contributed by atoms with E-state index in [1.165, 1.54) is 5.56 Å². The first-order valence-corrected chi connectivity index (χ1v) is 8.17. The number of rotatable bonds is 5. The Balaban J connectivity index is 1.58. The lowest BCUT2D eigenvalue weighted by Gasteiger charge is -2.08. The quantitative estimate of drug-likeness (QED) is 0.481. The number of hydrogen-bond acceptors (Lipinski definition) is 3. The summed E-state index contributed by atoms with van der Waals surface area (Å²) in [5.74, 6) is 0.872. The minimum absolute atomic E-state index is 0.381. The minimum atomic E-state index is -0.381. The third-order valence-corrected chi connectivity index (χ3v) is 3.85. The summed E-state index contributed by atoms with van der Waals surface area (Å²) in [7, 11) is 0. The van der Waals surface area contributed by atoms with Crippen LogP contribution in [-0.2, 0) is 6.61 Å². The molecule has 0 spiro atoms. The number of benzene rings is 3. The average Bonchev–Trinajstić information content (AvgIpc) is 2.63. The summed E-state index contributed by atoms with van der Waals surface area (Å²) in [6, 6.07) is 22.6. The molecule has 3 rings (SSSR count). The van der Waals surface area contributed by atoms with Crippen LogP contribution in [0.3, 0.4) is 0 Å². The van der Waals surface area contributed by atoms with Crippen molar-refractivity contribution in [3.63, 3.8) is 0 Å². The van der Waals surface area contributed by atoms with Crippen LogP contribution in [-0.4, -0.2) is 5.97 Å². The van der Waals surface area contributed by atoms with E-state index in [0.717, 1.165) is 11.1 Å². The molecule has 0 fully saturated rings. The molecule has 0 saturated heterocycles. The van der Waals surface area contributed by atoms with E-state index >= 15 is 0 Å². The van der Waals surface area contributed by atoms with E-state index in [-0.39, 0.29) is 5.97 Å². The van der Waals surface area contributed by atoms with E-state index in [9.17, 15) is 4.79 Å². The molecule has 126 valence electrons. The maximum absolute atomic E-state index is 12.2. The Morgan fingerprint density at radius 3 is 1.84 bits per heavy atom. The molecule has 25 heavy (non-hydrogen) atoms. The number of carbonyl (C=O) groups excluding carboxylic acids is 1. The third-order valence-electron chi connectivity index (χ3n) is 3.85. The molecule has 0 aliphatic carbocycles. The van der Waals surface area contributed by atoms with Crippen LogP contribution in [0.5, 0.6) is 11.5 Å². The topological polar surface area (TPSA) is 35.5 Å². The van der Waals surface area contributed by atoms with Crippen molar-refractivity contribution >= 4 is 5.97 Å². The first kappa shape index (κ1) is 16.8. The van der Waals surface area contributed by atoms with Crippen LogP contribution in [0.2, 0.25) is 0 Å². The molecule has 0 aromatic heterocycles. The van der Waals surface area contributed by atoms with Crippen LogP contribution in [0.25, 0.3) is 0 Å². The molecule has 0 heterocycles. The Bertz CT molecular complexity index is 832. The monoisotopic (exact) mass is 332 g/mol. The summed E-state index contributed by atoms with van der Waals surface area (Å²) in [6.07, 6.45) is 0. The fourth-order valence-electron chi connectivity index (χ4n) is 2.31. The lowest BCUT2D eigenvalue weighted by molar-refractivity contribution is 0.0734. The number of aryl methyl sites for hydroxylation is 2. The second-order valence-corrected chi connectivity index (χ2v) is 6.00. The molecule has 3 aromatic carbocycles. The van der Waals surface area contributed by atoms with Gasteiger partial charge in [-0.25, -0.2) is 4.79 Å². The van der Waals surface area contributed by atoms with Gasteiger partial charge in [-0.15, -0.1) is 0 Å². The summed E-state index contributed by atoms with van der Waals surface area (Å²) in [5, 5.41) is 0. The normalized spacial score (nSPS) is 10.3. The van der Waals surface area contributed by atoms with E-state index in [4.69, 9.17) is 9.47 Å². The molecule has 3 aromatic rings. The fraction of sp³-hybridized carbons (Fsp3) is 0.136. The van der Waals surface area contributed by atoms with E-state index in [1.807, 2.05) is 31.2 Å². The molecule has 0 N–H and O–H groups in total. The van der Waals surface area contributed by atoms with Gasteiger partial charge in [0.05, 0.1) is 5.56 Å². The van der Waals surface area contributed by atoms with Crippen molar-refractivity contribution in [2.24, 2.45) is 0 Å². The van der Waals surface area contributed by atoms with Gasteiger partial charge in [-0.3, -0.25) is 0 Å². The molecule has 0 aliphatic heterocycles. The van der Waals surface area contributed by atoms with E-state index in [2.05, 4.69) is 19.1 Å². The van der Waals surface area contributed by atoms with Gasteiger partial charge in [0.2, 0.25) is 0 Å². The molecule has 0 radical (unpaired) electrons. The molecule has 0 saturated carbocycles. The largest absolute Gasteiger partial charge is 0.489 e. The van der Waals surface area contributed by atoms with Crippen LogP contribution in [0, 0.1) is 13.8 Å². The predicted octanol–water partition coefficient (Wildman–Crippen LogP) is 5.10. The van der Waals surface area contributed by atoms with E-state index in [0.29, 0.717) is 23.7 Å². The molecule has 0 unspecified atom stereocenters. The smallest absolute Gasteiger partial charge is 0.343 e. The number of ether oxygens (including phenoxy) is 2. The molecular weight excluding hydrogens is 312 g/mol. The lowest BCUT2D eigenvalue weighted by Crippen LogP contribution is -2.08. The highest BCUT2D eigenvalue weighted by molar-refractivity contribution is 5.91. The molecule has 0 aliphatic rings. The second kappa shape index (κ2) is 7.67. The zero-order valence-corrected chi connectivity index (χ0v) is 14.4. The van der Waals surface area contributed by atoms with Gasteiger partial charge in [-0.1, -0.05) is 47.5 Å². The third kappa shape index (κ3) is 4.70. The van der Waals surface area contributed by atoms with Crippen molar-refractivity contribution in [3.05, 3.63) is 95.1 Å². The van der Waals surface area contributed by atoms with E-state index in [1.54, 1.807) is 36.4 Å². The summed E-state index contributed by atoms with van der Waals surface area (Å²) in [4.78, 5) is 12.2. The van der Waals surface area contributed by atoms with Crippen LogP contribution in [0.15, 0.2) is 72.8 Å². The SMILES string of the molecule is Cc1ccc(COc2ccc(C(=O)Oc3ccc(C)cc3)cc2)cc1. The van der Waals surface area contributed by atoms with Crippen molar-refractivity contribution in [2.75, 3.05) is 0 Å². The van der Waals surface area contributed by atoms with Gasteiger partial charge in [-0.2, -0.15) is 0 Å². The van der Waals surface area contributed by atoms with Crippen LogP contribution >= 0.6 is 0 Å². The van der Waals surface area contributed by atoms with E-state index < -0.39 is 0 Å². The summed E-state index contributed by atoms with van der Waals surface area (Å²) in [6.45, 7) is 4.54. The number of esters is 1. The fourth-order valence-corrected chi connectivity index (χ4v) is 2.31. The first-order chi connectivity index (χ1) is 12.1. The predicted molar refractivity (Wildman–Crippen MR) is 98.1 cm³/mol. The summed E-state index contributed by atoms with van der Waals surface area (Å²) < 4.78 is 11.1. The maximum atomic E-state index is 12.2. The van der Waals surface area contributed by atoms with Crippen molar-refractivity contribution in [3.8, 4) is 11.5 Å². The Hall–Kier alpha value is -3.07. The lowest BCUT2D eigenvalue weighted by atomic mass is 10.2. The van der Waals surface area contributed by atoms with Gasteiger partial charge in [0.15, 0.2) is 0 Å². The Labute approximate surface area is 147 Å². The molecule has 3 heteroatoms. The van der Waals surface area contributed by atoms with Crippen molar-refractivity contribution in [2.45, 2.75) is 20.5 Å². The average molecular weight is 332 g/mol. The maximum Gasteiger partial charge on any atom is 0.343 e. The summed E-state index contributed by atoms with van der Waals surface area (Å²) >= 11 is 0. The minimum Gasteiger partial charge on any atom is -0.489 e. The van der Waals surface area contributed by atoms with Gasteiger partial charge < -0.3 is 9.47 Å². The highest BCUT2D eigenvalue weighted by Crippen LogP contribution is 2.17. The Morgan fingerprint density at radius 2 is 1.24 bits per heavy atom. The van der Waals surface area contributed by atoms with Gasteiger partial charge in [0.1, 0.15) is 18.1 Å². The van der Waals surface area contributed by atoms with Gasteiger partial charge in [-0.05, 0) is 55.8 Å². The molecule has 3 nitrogen and oxygen atoms in total. The summed E-state index contributed by atoms with van der Waals surface area (Å²) in [5.41, 5.74) is 3.94. The van der Waals surface area contributed by atoms with Crippen molar-refractivity contribution in [1.29, 1.82) is 0 Å². The van der Waals surface area contributed by atoms with Gasteiger partial charge in [0.25, 0.3) is 0 Å². The molecular formula is C22H20O3. The van der Waals surface area contributed by atoms with Crippen molar-refractivity contribution in [1.82, 2.24) is 0 Å². The number of carbonyl (C=O) groups is 1. The zero-order chi connectivity index (χ0) is 17.6. The highest BCUT2D eigenvalue weighted by Gasteiger charge is 2.08. The Kier molecular flexibility index (Phi) is 5.14. The Morgan fingerprint density at radius 1 is 0.720 bits per heavy atom. The van der Waals surface area contributed by atoms with Crippen LogP contribution in [0.1, 0.15) is 27.0 Å². The second-order valence-electron chi connectivity index (χ2n) is 6.00. The zero-order valence-electron chi connectivity index (χ0n) is 14.4.